The van der Waals surface area contributed by atoms with E-state index in [1.54, 1.807) is 13.8 Å². The number of carbonyl (C=O) groups is 1. The Bertz CT molecular complexity index is 560. The highest BCUT2D eigenvalue weighted by Crippen LogP contribution is 2.12. The molecule has 0 radical (unpaired) electrons. The number of carbonyl (C=O) groups excluding carboxylic acids is 1. The van der Waals surface area contributed by atoms with Gasteiger partial charge in [0, 0.05) is 6.92 Å². The molecule has 96 valence electrons. The first kappa shape index (κ1) is 12.1. The zero-order valence-electron chi connectivity index (χ0n) is 10.3. The minimum absolute atomic E-state index is 0.154. The number of aromatic amines is 1. The molecule has 2 aromatic heterocycles. The summed E-state index contributed by atoms with van der Waals surface area (Å²) in [5.74, 6) is 0.344. The van der Waals surface area contributed by atoms with Crippen molar-refractivity contribution in [2.24, 2.45) is 0 Å². The second-order valence-electron chi connectivity index (χ2n) is 3.50. The van der Waals surface area contributed by atoms with Crippen LogP contribution < -0.4 is 10.1 Å². The van der Waals surface area contributed by atoms with Crippen LogP contribution in [-0.4, -0.2) is 32.7 Å². The van der Waals surface area contributed by atoms with E-state index in [0.29, 0.717) is 18.2 Å². The SMILES string of the molecule is CCOc1n[nH]c(NC(=O)c2oc(C)nc2C)n1. The molecular weight excluding hydrogens is 238 g/mol. The van der Waals surface area contributed by atoms with Crippen molar-refractivity contribution in [3.63, 3.8) is 0 Å². The predicted octanol–water partition coefficient (Wildman–Crippen LogP) is 1.06. The minimum Gasteiger partial charge on any atom is -0.463 e. The molecule has 0 saturated carbocycles. The highest BCUT2D eigenvalue weighted by Gasteiger charge is 2.17. The van der Waals surface area contributed by atoms with Gasteiger partial charge in [0.05, 0.1) is 12.3 Å². The van der Waals surface area contributed by atoms with E-state index < -0.39 is 5.91 Å². The molecule has 0 bridgehead atoms. The lowest BCUT2D eigenvalue weighted by molar-refractivity contribution is 0.0993. The Hall–Kier alpha value is -2.38. The van der Waals surface area contributed by atoms with Crippen molar-refractivity contribution in [1.29, 1.82) is 0 Å². The summed E-state index contributed by atoms with van der Waals surface area (Å²) in [6, 6.07) is 0.179. The molecule has 2 rings (SSSR count). The molecule has 2 N–H and O–H groups in total. The van der Waals surface area contributed by atoms with E-state index in [0.717, 1.165) is 0 Å². The Morgan fingerprint density at radius 2 is 2.22 bits per heavy atom. The smallest absolute Gasteiger partial charge is 0.337 e. The standard InChI is InChI=1S/C10H13N5O3/c1-4-17-10-13-9(14-15-10)12-8(16)7-5(2)11-6(3)18-7/h4H2,1-3H3,(H2,12,13,14,15,16). The van der Waals surface area contributed by atoms with Gasteiger partial charge in [-0.05, 0) is 13.8 Å². The van der Waals surface area contributed by atoms with Crippen LogP contribution in [0.2, 0.25) is 0 Å². The zero-order valence-corrected chi connectivity index (χ0v) is 10.3. The maximum absolute atomic E-state index is 11.8. The molecular formula is C10H13N5O3. The minimum atomic E-state index is -0.438. The van der Waals surface area contributed by atoms with Crippen LogP contribution in [0, 0.1) is 13.8 Å². The molecule has 0 atom stereocenters. The number of oxazole rings is 1. The third-order valence-electron chi connectivity index (χ3n) is 2.08. The average Bonchev–Trinajstić information content (AvgIpc) is 2.86. The van der Waals surface area contributed by atoms with Crippen LogP contribution in [0.25, 0.3) is 0 Å². The number of anilines is 1. The molecule has 0 saturated heterocycles. The first-order valence-corrected chi connectivity index (χ1v) is 5.40. The summed E-state index contributed by atoms with van der Waals surface area (Å²) < 4.78 is 10.2. The first-order chi connectivity index (χ1) is 8.60. The number of H-pyrrole nitrogens is 1. The fourth-order valence-electron chi connectivity index (χ4n) is 1.40. The van der Waals surface area contributed by atoms with E-state index in [2.05, 4.69) is 25.5 Å². The molecule has 2 heterocycles. The average molecular weight is 251 g/mol. The molecule has 0 spiro atoms. The number of aryl methyl sites for hydroxylation is 2. The molecule has 8 nitrogen and oxygen atoms in total. The Morgan fingerprint density at radius 1 is 1.44 bits per heavy atom. The molecule has 0 aliphatic rings. The van der Waals surface area contributed by atoms with Crippen molar-refractivity contribution in [2.75, 3.05) is 11.9 Å². The number of rotatable bonds is 4. The molecule has 2 aromatic rings. The highest BCUT2D eigenvalue weighted by molar-refractivity contribution is 6.01. The van der Waals surface area contributed by atoms with Crippen LogP contribution in [-0.2, 0) is 0 Å². The van der Waals surface area contributed by atoms with Crippen LogP contribution in [0.1, 0.15) is 29.1 Å². The van der Waals surface area contributed by atoms with Crippen molar-refractivity contribution in [1.82, 2.24) is 20.2 Å². The van der Waals surface area contributed by atoms with Gasteiger partial charge in [-0.25, -0.2) is 10.1 Å². The number of ether oxygens (including phenoxy) is 1. The van der Waals surface area contributed by atoms with Gasteiger partial charge in [0.25, 0.3) is 5.91 Å². The molecule has 18 heavy (non-hydrogen) atoms. The monoisotopic (exact) mass is 251 g/mol. The van der Waals surface area contributed by atoms with Crippen LogP contribution in [0.3, 0.4) is 0 Å². The summed E-state index contributed by atoms with van der Waals surface area (Å²) in [4.78, 5) is 19.8. The topological polar surface area (TPSA) is 106 Å². The van der Waals surface area contributed by atoms with Crippen molar-refractivity contribution in [3.05, 3.63) is 17.3 Å². The normalized spacial score (nSPS) is 10.4. The third kappa shape index (κ3) is 2.47. The predicted molar refractivity (Wildman–Crippen MR) is 61.5 cm³/mol. The summed E-state index contributed by atoms with van der Waals surface area (Å²) in [5.41, 5.74) is 0.523. The Morgan fingerprint density at radius 3 is 2.83 bits per heavy atom. The van der Waals surface area contributed by atoms with Gasteiger partial charge in [-0.1, -0.05) is 0 Å². The lowest BCUT2D eigenvalue weighted by Crippen LogP contribution is -2.13. The van der Waals surface area contributed by atoms with Crippen molar-refractivity contribution in [3.8, 4) is 6.01 Å². The third-order valence-corrected chi connectivity index (χ3v) is 2.08. The number of aromatic nitrogens is 4. The molecule has 0 unspecified atom stereocenters. The molecule has 8 heteroatoms. The van der Waals surface area contributed by atoms with Crippen LogP contribution >= 0.6 is 0 Å². The summed E-state index contributed by atoms with van der Waals surface area (Å²) in [5, 5.41) is 8.81. The van der Waals surface area contributed by atoms with Crippen LogP contribution in [0.4, 0.5) is 5.95 Å². The van der Waals surface area contributed by atoms with Gasteiger partial charge in [0.2, 0.25) is 11.7 Å². The zero-order chi connectivity index (χ0) is 13.1. The first-order valence-electron chi connectivity index (χ1n) is 5.40. The maximum Gasteiger partial charge on any atom is 0.337 e. The van der Waals surface area contributed by atoms with Crippen molar-refractivity contribution in [2.45, 2.75) is 20.8 Å². The fraction of sp³-hybridized carbons (Fsp3) is 0.400. The van der Waals surface area contributed by atoms with Crippen LogP contribution in [0.15, 0.2) is 4.42 Å². The summed E-state index contributed by atoms with van der Waals surface area (Å²) in [7, 11) is 0. The molecule has 0 fully saturated rings. The number of nitrogens with one attached hydrogen (secondary N) is 2. The summed E-state index contributed by atoms with van der Waals surface area (Å²) >= 11 is 0. The quantitative estimate of drug-likeness (QED) is 0.841. The van der Waals surface area contributed by atoms with Gasteiger partial charge >= 0.3 is 6.01 Å². The number of hydrogen-bond acceptors (Lipinski definition) is 6. The van der Waals surface area contributed by atoms with E-state index in [1.165, 1.54) is 0 Å². The van der Waals surface area contributed by atoms with Gasteiger partial charge in [0.1, 0.15) is 0 Å². The Balaban J connectivity index is 2.08. The van der Waals surface area contributed by atoms with E-state index in [-0.39, 0.29) is 17.7 Å². The van der Waals surface area contributed by atoms with Crippen molar-refractivity contribution >= 4 is 11.9 Å². The van der Waals surface area contributed by atoms with Crippen molar-refractivity contribution < 1.29 is 13.9 Å². The number of nitrogens with zero attached hydrogens (tertiary/aromatic N) is 3. The molecule has 0 aromatic carbocycles. The Kier molecular flexibility index (Phi) is 3.26. The second-order valence-corrected chi connectivity index (χ2v) is 3.50. The fourth-order valence-corrected chi connectivity index (χ4v) is 1.40. The lowest BCUT2D eigenvalue weighted by Gasteiger charge is -1.97. The number of hydrogen-bond donors (Lipinski definition) is 2. The van der Waals surface area contributed by atoms with E-state index in [1.807, 2.05) is 6.92 Å². The van der Waals surface area contributed by atoms with E-state index >= 15 is 0 Å². The van der Waals surface area contributed by atoms with Crippen LogP contribution in [0.5, 0.6) is 6.01 Å². The van der Waals surface area contributed by atoms with Gasteiger partial charge in [-0.15, -0.1) is 5.10 Å². The Labute approximate surface area is 103 Å². The van der Waals surface area contributed by atoms with Gasteiger partial charge in [0.15, 0.2) is 5.89 Å². The lowest BCUT2D eigenvalue weighted by atomic mass is 10.3. The number of amides is 1. The molecule has 0 aliphatic heterocycles. The van der Waals surface area contributed by atoms with E-state index in [4.69, 9.17) is 9.15 Å². The molecule has 0 aliphatic carbocycles. The second kappa shape index (κ2) is 4.86. The highest BCUT2D eigenvalue weighted by atomic mass is 16.5. The largest absolute Gasteiger partial charge is 0.463 e. The van der Waals surface area contributed by atoms with Gasteiger partial charge in [-0.3, -0.25) is 10.1 Å². The molecule has 1 amide bonds. The van der Waals surface area contributed by atoms with E-state index in [9.17, 15) is 4.79 Å². The van der Waals surface area contributed by atoms with Gasteiger partial charge < -0.3 is 9.15 Å². The summed E-state index contributed by atoms with van der Waals surface area (Å²) in [6.45, 7) is 5.63. The maximum atomic E-state index is 11.8. The summed E-state index contributed by atoms with van der Waals surface area (Å²) in [6.07, 6.45) is 0. The van der Waals surface area contributed by atoms with Gasteiger partial charge in [-0.2, -0.15) is 4.98 Å².